The van der Waals surface area contributed by atoms with E-state index in [0.29, 0.717) is 0 Å². The highest BCUT2D eigenvalue weighted by Gasteiger charge is 2.50. The van der Waals surface area contributed by atoms with E-state index in [9.17, 15) is 0 Å². The fourth-order valence-electron chi connectivity index (χ4n) is 4.52. The monoisotopic (exact) mass is 426 g/mol. The van der Waals surface area contributed by atoms with Crippen LogP contribution in [-0.4, -0.2) is 36.2 Å². The van der Waals surface area contributed by atoms with E-state index >= 15 is 0 Å². The molecule has 0 spiro atoms. The summed E-state index contributed by atoms with van der Waals surface area (Å²) in [6.07, 6.45) is 5.42. The van der Waals surface area contributed by atoms with E-state index in [1.807, 2.05) is 36.4 Å². The highest BCUT2D eigenvalue weighted by atomic mass is 16.6. The van der Waals surface area contributed by atoms with Gasteiger partial charge in [0, 0.05) is 12.0 Å². The van der Waals surface area contributed by atoms with Crippen molar-refractivity contribution in [2.24, 2.45) is 11.3 Å². The molecule has 0 amide bonds. The molecule has 2 bridgehead atoms. The molecule has 2 aromatic carbocycles. The van der Waals surface area contributed by atoms with Crippen LogP contribution in [0.4, 0.5) is 4.79 Å². The van der Waals surface area contributed by atoms with Crippen molar-refractivity contribution in [1.29, 1.82) is 0 Å². The van der Waals surface area contributed by atoms with Crippen LogP contribution in [-0.2, 0) is 15.1 Å². The summed E-state index contributed by atoms with van der Waals surface area (Å²) in [4.78, 5) is 8.56. The van der Waals surface area contributed by atoms with Gasteiger partial charge in [-0.15, -0.1) is 0 Å². The Kier molecular flexibility index (Phi) is 6.49. The molecule has 4 aliphatic rings. The molecule has 2 saturated heterocycles. The largest absolute Gasteiger partial charge is 0.503 e. The van der Waals surface area contributed by atoms with Crippen LogP contribution >= 0.6 is 0 Å². The van der Waals surface area contributed by atoms with E-state index in [1.54, 1.807) is 0 Å². The molecule has 0 unspecified atom stereocenters. The lowest BCUT2D eigenvalue weighted by Gasteiger charge is -2.53. The first-order valence-electron chi connectivity index (χ1n) is 11.0. The van der Waals surface area contributed by atoms with Crippen molar-refractivity contribution in [3.8, 4) is 11.5 Å². The third-order valence-electron chi connectivity index (χ3n) is 6.57. The minimum atomic E-state index is -1.83. The van der Waals surface area contributed by atoms with E-state index in [0.717, 1.165) is 50.1 Å². The van der Waals surface area contributed by atoms with Crippen LogP contribution in [0.5, 0.6) is 11.5 Å². The molecule has 2 aromatic rings. The molecule has 6 nitrogen and oxygen atoms in total. The summed E-state index contributed by atoms with van der Waals surface area (Å²) in [6.45, 7) is 2.64. The molecule has 2 aliphatic carbocycles. The normalized spacial score (nSPS) is 26.6. The van der Waals surface area contributed by atoms with Crippen LogP contribution in [0.2, 0.25) is 0 Å². The number of ether oxygens (including phenoxy) is 3. The van der Waals surface area contributed by atoms with Crippen molar-refractivity contribution in [3.63, 3.8) is 0 Å². The van der Waals surface area contributed by atoms with Gasteiger partial charge in [-0.25, -0.2) is 4.79 Å². The van der Waals surface area contributed by atoms with Crippen LogP contribution in [0.15, 0.2) is 54.6 Å². The molecule has 31 heavy (non-hydrogen) atoms. The molecule has 2 heterocycles. The molecule has 2 aliphatic heterocycles. The van der Waals surface area contributed by atoms with E-state index in [2.05, 4.69) is 18.2 Å². The Balaban J connectivity index is 0.000000535. The topological polar surface area (TPSA) is 85.2 Å². The molecule has 2 N–H and O–H groups in total. The lowest BCUT2D eigenvalue weighted by molar-refractivity contribution is -0.204. The SMILES string of the molecule is O=C(O)O.c1ccc(Oc2cccc([C@]34CC[C@@](COCC5CC5)(CC3)CO4)c2)cc1. The number of rotatable bonds is 7. The first-order valence-corrected chi connectivity index (χ1v) is 11.0. The van der Waals surface area contributed by atoms with Gasteiger partial charge >= 0.3 is 6.16 Å². The molecule has 0 radical (unpaired) electrons. The maximum atomic E-state index is 8.56. The third-order valence-corrected chi connectivity index (χ3v) is 6.57. The van der Waals surface area contributed by atoms with Gasteiger partial charge in [0.15, 0.2) is 0 Å². The van der Waals surface area contributed by atoms with Gasteiger partial charge in [0.05, 0.1) is 18.8 Å². The van der Waals surface area contributed by atoms with E-state index in [-0.39, 0.29) is 11.0 Å². The van der Waals surface area contributed by atoms with Gasteiger partial charge in [0.1, 0.15) is 11.5 Å². The average Bonchev–Trinajstić information content (AvgIpc) is 3.60. The molecule has 166 valence electrons. The molecule has 6 rings (SSSR count). The second kappa shape index (κ2) is 9.28. The smallest absolute Gasteiger partial charge is 0.457 e. The number of carbonyl (C=O) groups is 1. The molecule has 2 saturated carbocycles. The van der Waals surface area contributed by atoms with Crippen LogP contribution in [0, 0.1) is 11.3 Å². The fourth-order valence-corrected chi connectivity index (χ4v) is 4.52. The number of para-hydroxylation sites is 1. The fraction of sp³-hybridized carbons (Fsp3) is 0.480. The predicted octanol–water partition coefficient (Wildman–Crippen LogP) is 5.91. The highest BCUT2D eigenvalue weighted by molar-refractivity contribution is 5.53. The second-order valence-electron chi connectivity index (χ2n) is 8.97. The van der Waals surface area contributed by atoms with Gasteiger partial charge in [-0.3, -0.25) is 0 Å². The molecular weight excluding hydrogens is 396 g/mol. The molecule has 4 fully saturated rings. The zero-order valence-corrected chi connectivity index (χ0v) is 17.7. The van der Waals surface area contributed by atoms with Crippen LogP contribution in [0.3, 0.4) is 0 Å². The molecule has 0 aromatic heterocycles. The zero-order chi connectivity index (χ0) is 21.7. The van der Waals surface area contributed by atoms with Crippen molar-refractivity contribution in [2.75, 3.05) is 19.8 Å². The van der Waals surface area contributed by atoms with Crippen molar-refractivity contribution in [2.45, 2.75) is 44.1 Å². The van der Waals surface area contributed by atoms with Crippen molar-refractivity contribution in [1.82, 2.24) is 0 Å². The minimum absolute atomic E-state index is 0.145. The predicted molar refractivity (Wildman–Crippen MR) is 116 cm³/mol. The summed E-state index contributed by atoms with van der Waals surface area (Å²) in [6, 6.07) is 18.4. The number of hydrogen-bond acceptors (Lipinski definition) is 4. The van der Waals surface area contributed by atoms with Crippen molar-refractivity contribution < 1.29 is 29.2 Å². The third kappa shape index (κ3) is 5.57. The molecule has 6 heteroatoms. The Morgan fingerprint density at radius 1 is 0.968 bits per heavy atom. The Labute approximate surface area is 182 Å². The lowest BCUT2D eigenvalue weighted by Crippen LogP contribution is -2.51. The summed E-state index contributed by atoms with van der Waals surface area (Å²) in [5.41, 5.74) is 1.35. The Hall–Kier alpha value is -2.57. The number of benzene rings is 2. The molecular formula is C25H30O6. The van der Waals surface area contributed by atoms with Gasteiger partial charge in [0.2, 0.25) is 0 Å². The summed E-state index contributed by atoms with van der Waals surface area (Å²) < 4.78 is 18.6. The Morgan fingerprint density at radius 2 is 1.65 bits per heavy atom. The summed E-state index contributed by atoms with van der Waals surface area (Å²) >= 11 is 0. The van der Waals surface area contributed by atoms with E-state index in [4.69, 9.17) is 29.2 Å². The van der Waals surface area contributed by atoms with Gasteiger partial charge in [-0.2, -0.15) is 0 Å². The van der Waals surface area contributed by atoms with E-state index in [1.165, 1.54) is 31.2 Å². The maximum absolute atomic E-state index is 8.56. The minimum Gasteiger partial charge on any atom is -0.457 e. The van der Waals surface area contributed by atoms with Gasteiger partial charge in [-0.1, -0.05) is 30.3 Å². The van der Waals surface area contributed by atoms with Gasteiger partial charge in [0.25, 0.3) is 0 Å². The quantitative estimate of drug-likeness (QED) is 0.572. The number of fused-ring (bicyclic) bond motifs is 3. The standard InChI is InChI=1S/C24H28O3.CH2O3/c1-2-6-21(7-3-1)27-22-8-4-5-20(15-22)24-13-11-23(12-14-24,18-26-24)17-25-16-19-9-10-19;2-1(3)4/h1-8,15,19H,9-14,16-18H2;(H2,2,3,4)/t23-,24-;. The zero-order valence-electron chi connectivity index (χ0n) is 17.7. The number of hydrogen-bond donors (Lipinski definition) is 2. The van der Waals surface area contributed by atoms with Gasteiger partial charge < -0.3 is 24.4 Å². The average molecular weight is 427 g/mol. The summed E-state index contributed by atoms with van der Waals surface area (Å²) in [5.74, 6) is 2.58. The van der Waals surface area contributed by atoms with Crippen molar-refractivity contribution in [3.05, 3.63) is 60.2 Å². The lowest BCUT2D eigenvalue weighted by atomic mass is 9.64. The first kappa shape index (κ1) is 21.7. The maximum Gasteiger partial charge on any atom is 0.503 e. The summed E-state index contributed by atoms with van der Waals surface area (Å²) in [7, 11) is 0. The second-order valence-corrected chi connectivity index (χ2v) is 8.97. The van der Waals surface area contributed by atoms with Gasteiger partial charge in [-0.05, 0) is 74.3 Å². The summed E-state index contributed by atoms with van der Waals surface area (Å²) in [5, 5.41) is 13.9. The highest BCUT2D eigenvalue weighted by Crippen LogP contribution is 2.54. The van der Waals surface area contributed by atoms with Crippen LogP contribution in [0.1, 0.15) is 44.1 Å². The van der Waals surface area contributed by atoms with Crippen molar-refractivity contribution >= 4 is 6.16 Å². The first-order chi connectivity index (χ1) is 15.0. The molecule has 0 atom stereocenters. The van der Waals surface area contributed by atoms with Crippen LogP contribution < -0.4 is 4.74 Å². The Bertz CT molecular complexity index is 848. The Morgan fingerprint density at radius 3 is 2.26 bits per heavy atom. The van der Waals surface area contributed by atoms with E-state index < -0.39 is 6.16 Å². The number of carboxylic acid groups (broad SMARTS) is 2. The van der Waals surface area contributed by atoms with Crippen LogP contribution in [0.25, 0.3) is 0 Å².